The van der Waals surface area contributed by atoms with E-state index in [4.69, 9.17) is 20.5 Å². The van der Waals surface area contributed by atoms with Gasteiger partial charge in [-0.05, 0) is 5.57 Å². The number of nitrogens with two attached hydrogens (primary N) is 1. The first kappa shape index (κ1) is 11.2. The van der Waals surface area contributed by atoms with Crippen LogP contribution in [-0.2, 0) is 20.7 Å². The molecule has 0 amide bonds. The number of carboxylic acid groups (broad SMARTS) is 2. The molecule has 88 valence electrons. The fourth-order valence-electron chi connectivity index (χ4n) is 2.31. The number of hydrogen-bond acceptors (Lipinski definition) is 4. The van der Waals surface area contributed by atoms with Crippen LogP contribution in [-0.4, -0.2) is 36.5 Å². The normalized spacial score (nSPS) is 38.1. The Morgan fingerprint density at radius 3 is 2.38 bits per heavy atom. The van der Waals surface area contributed by atoms with Crippen LogP contribution < -0.4 is 5.73 Å². The minimum absolute atomic E-state index is 0.0534. The quantitative estimate of drug-likeness (QED) is 0.468. The maximum absolute atomic E-state index is 11.0. The Morgan fingerprint density at radius 2 is 2.00 bits per heavy atom. The number of rotatable bonds is 3. The topological polar surface area (TPSA) is 138 Å². The zero-order valence-electron chi connectivity index (χ0n) is 7.91. The molecule has 0 spiro atoms. The van der Waals surface area contributed by atoms with Crippen molar-refractivity contribution in [1.29, 1.82) is 0 Å². The lowest BCUT2D eigenvalue weighted by molar-refractivity contribution is -0.145. The maximum atomic E-state index is 11.0. The predicted octanol–water partition coefficient (Wildman–Crippen LogP) is -1.02. The molecule has 1 saturated carbocycles. The Labute approximate surface area is 92.2 Å². The highest BCUT2D eigenvalue weighted by Gasteiger charge is 2.68. The molecule has 0 aromatic carbocycles. The third kappa shape index (κ3) is 1.24. The molecule has 1 unspecified atom stereocenters. The lowest BCUT2D eigenvalue weighted by Crippen LogP contribution is -2.50. The summed E-state index contributed by atoms with van der Waals surface area (Å²) < 4.78 is 19.9. The molecule has 0 aromatic heterocycles. The molecule has 16 heavy (non-hydrogen) atoms. The second kappa shape index (κ2) is 3.12. The van der Waals surface area contributed by atoms with Gasteiger partial charge in [-0.2, -0.15) is 0 Å². The summed E-state index contributed by atoms with van der Waals surface area (Å²) >= 11 is -2.36. The van der Waals surface area contributed by atoms with Gasteiger partial charge in [-0.25, -0.2) is 4.21 Å². The number of hydrogen-bond donors (Lipinski definition) is 4. The third-order valence-electron chi connectivity index (χ3n) is 3.10. The van der Waals surface area contributed by atoms with E-state index in [1.807, 2.05) is 0 Å². The highest BCUT2D eigenvalue weighted by molar-refractivity contribution is 7.83. The zero-order valence-corrected chi connectivity index (χ0v) is 8.73. The molecule has 0 heterocycles. The summed E-state index contributed by atoms with van der Waals surface area (Å²) in [6.07, 6.45) is -0.269. The van der Waals surface area contributed by atoms with Gasteiger partial charge < -0.3 is 20.5 Å². The van der Waals surface area contributed by atoms with Crippen LogP contribution in [0.3, 0.4) is 0 Å². The van der Waals surface area contributed by atoms with Crippen LogP contribution in [0.5, 0.6) is 0 Å². The van der Waals surface area contributed by atoms with E-state index in [9.17, 15) is 13.8 Å². The second-order valence-corrected chi connectivity index (χ2v) is 4.93. The van der Waals surface area contributed by atoms with Crippen LogP contribution in [0.4, 0.5) is 0 Å². The van der Waals surface area contributed by atoms with Crippen molar-refractivity contribution in [1.82, 2.24) is 0 Å². The third-order valence-corrected chi connectivity index (χ3v) is 3.90. The summed E-state index contributed by atoms with van der Waals surface area (Å²) in [6.45, 7) is 0. The summed E-state index contributed by atoms with van der Waals surface area (Å²) in [4.78, 5) is 21.7. The molecular formula is C8H9NO6S. The van der Waals surface area contributed by atoms with Crippen molar-refractivity contribution in [3.05, 3.63) is 10.5 Å². The Kier molecular flexibility index (Phi) is 2.19. The fraction of sp³-hybridized carbons (Fsp3) is 0.500. The van der Waals surface area contributed by atoms with Crippen molar-refractivity contribution in [2.75, 3.05) is 0 Å². The first-order valence-corrected chi connectivity index (χ1v) is 5.50. The molecule has 1 fully saturated rings. The van der Waals surface area contributed by atoms with Crippen LogP contribution in [0.1, 0.15) is 6.42 Å². The molecule has 0 aliphatic heterocycles. The fourth-order valence-corrected chi connectivity index (χ4v) is 3.13. The molecule has 2 aliphatic carbocycles. The number of fused-ring (bicyclic) bond motifs is 1. The van der Waals surface area contributed by atoms with Gasteiger partial charge >= 0.3 is 11.9 Å². The van der Waals surface area contributed by atoms with E-state index in [2.05, 4.69) is 0 Å². The summed E-state index contributed by atoms with van der Waals surface area (Å²) in [5.41, 5.74) is 4.04. The van der Waals surface area contributed by atoms with Gasteiger partial charge in [-0.15, -0.1) is 0 Å². The van der Waals surface area contributed by atoms with Gasteiger partial charge in [0.15, 0.2) is 11.1 Å². The second-order valence-electron chi connectivity index (χ2n) is 3.94. The number of carboxylic acids is 2. The minimum atomic E-state index is -2.36. The summed E-state index contributed by atoms with van der Waals surface area (Å²) in [7, 11) is 0. The Morgan fingerprint density at radius 1 is 1.44 bits per heavy atom. The van der Waals surface area contributed by atoms with Gasteiger partial charge in [-0.3, -0.25) is 9.59 Å². The van der Waals surface area contributed by atoms with E-state index in [0.29, 0.717) is 0 Å². The van der Waals surface area contributed by atoms with Gasteiger partial charge in [0.1, 0.15) is 5.54 Å². The lowest BCUT2D eigenvalue weighted by atomic mass is 9.92. The Bertz CT molecular complexity index is 457. The number of aliphatic carboxylic acids is 2. The van der Waals surface area contributed by atoms with E-state index in [1.165, 1.54) is 0 Å². The van der Waals surface area contributed by atoms with Gasteiger partial charge in [0.25, 0.3) is 0 Å². The van der Waals surface area contributed by atoms with Crippen LogP contribution in [0.25, 0.3) is 0 Å². The van der Waals surface area contributed by atoms with E-state index >= 15 is 0 Å². The molecule has 0 saturated heterocycles. The molecule has 0 bridgehead atoms. The summed E-state index contributed by atoms with van der Waals surface area (Å²) in [5.74, 6) is -4.44. The molecule has 5 N–H and O–H groups in total. The van der Waals surface area contributed by atoms with Gasteiger partial charge in [0.05, 0.1) is 5.92 Å². The largest absolute Gasteiger partial charge is 0.481 e. The van der Waals surface area contributed by atoms with E-state index in [-0.39, 0.29) is 16.9 Å². The molecule has 0 radical (unpaired) electrons. The molecule has 4 atom stereocenters. The molecule has 0 aromatic rings. The first-order valence-electron chi connectivity index (χ1n) is 4.39. The highest BCUT2D eigenvalue weighted by Crippen LogP contribution is 2.61. The van der Waals surface area contributed by atoms with Crippen molar-refractivity contribution in [2.24, 2.45) is 17.6 Å². The first-order chi connectivity index (χ1) is 7.30. The van der Waals surface area contributed by atoms with Crippen molar-refractivity contribution in [2.45, 2.75) is 12.0 Å². The molecular weight excluding hydrogens is 238 g/mol. The van der Waals surface area contributed by atoms with E-state index in [1.54, 1.807) is 0 Å². The standard InChI is InChI=1S/C8H9NO6S/c9-8(7(12)13)1-2(16(14)15)3-4(5(3)8)6(10)11/h4-5H,1,9H2,(H,10,11)(H,12,13)(H,14,15)/t4-,5-,8+/m1/s1. The minimum Gasteiger partial charge on any atom is -0.481 e. The lowest BCUT2D eigenvalue weighted by Gasteiger charge is -2.21. The maximum Gasteiger partial charge on any atom is 0.324 e. The van der Waals surface area contributed by atoms with Crippen LogP contribution >= 0.6 is 0 Å². The highest BCUT2D eigenvalue weighted by atomic mass is 32.2. The van der Waals surface area contributed by atoms with Gasteiger partial charge in [0.2, 0.25) is 0 Å². The number of carbonyl (C=O) groups is 2. The molecule has 8 heteroatoms. The van der Waals surface area contributed by atoms with Crippen molar-refractivity contribution >= 4 is 23.0 Å². The van der Waals surface area contributed by atoms with Crippen molar-refractivity contribution < 1.29 is 28.6 Å². The SMILES string of the molecule is N[C@@]1(C(=O)O)CC(S(=O)O)=C2[C@@H](C(=O)O)[C@@H]21. The monoisotopic (exact) mass is 247 g/mol. The van der Waals surface area contributed by atoms with Crippen LogP contribution in [0.2, 0.25) is 0 Å². The van der Waals surface area contributed by atoms with Gasteiger partial charge in [-0.1, -0.05) is 0 Å². The molecule has 2 rings (SSSR count). The Hall–Kier alpha value is -1.25. The van der Waals surface area contributed by atoms with Gasteiger partial charge in [0, 0.05) is 17.2 Å². The van der Waals surface area contributed by atoms with Crippen molar-refractivity contribution in [3.63, 3.8) is 0 Å². The van der Waals surface area contributed by atoms with Crippen molar-refractivity contribution in [3.8, 4) is 0 Å². The summed E-state index contributed by atoms with van der Waals surface area (Å²) in [5, 5.41) is 17.8. The molecule has 7 nitrogen and oxygen atoms in total. The molecule has 2 aliphatic rings. The van der Waals surface area contributed by atoms with Crippen LogP contribution in [0.15, 0.2) is 10.5 Å². The average molecular weight is 247 g/mol. The smallest absolute Gasteiger partial charge is 0.324 e. The summed E-state index contributed by atoms with van der Waals surface area (Å²) in [6, 6.07) is 0. The van der Waals surface area contributed by atoms with E-state index in [0.717, 1.165) is 0 Å². The average Bonchev–Trinajstić information content (AvgIpc) is 2.81. The predicted molar refractivity (Wildman–Crippen MR) is 51.6 cm³/mol. The Balaban J connectivity index is 2.43. The van der Waals surface area contributed by atoms with Crippen LogP contribution in [0, 0.1) is 11.8 Å². The van der Waals surface area contributed by atoms with E-state index < -0.39 is 40.4 Å². The zero-order chi connectivity index (χ0) is 12.2.